The Morgan fingerprint density at radius 2 is 2.30 bits per heavy atom. The van der Waals surface area contributed by atoms with E-state index in [0.29, 0.717) is 27.0 Å². The van der Waals surface area contributed by atoms with Gasteiger partial charge in [0.15, 0.2) is 0 Å². The highest BCUT2D eigenvalue weighted by Crippen LogP contribution is 2.27. The Labute approximate surface area is 128 Å². The molecule has 0 amide bonds. The Bertz CT molecular complexity index is 751. The molecule has 2 aromatic heterocycles. The highest BCUT2D eigenvalue weighted by molar-refractivity contribution is 14.1. The number of hydrogen-bond donors (Lipinski definition) is 1. The molecule has 0 aliphatic rings. The molecule has 2 N–H and O–H groups in total. The second kappa shape index (κ2) is 5.08. The van der Waals surface area contributed by atoms with E-state index in [2.05, 4.69) is 4.98 Å². The lowest BCUT2D eigenvalue weighted by molar-refractivity contribution is 0.456. The number of nitrogen functional groups attached to an aromatic ring is 1. The number of nitrogens with zero attached hydrogens (tertiary/aromatic N) is 2. The van der Waals surface area contributed by atoms with Crippen LogP contribution in [-0.4, -0.2) is 9.55 Å². The summed E-state index contributed by atoms with van der Waals surface area (Å²) in [6.45, 7) is 2.01. The minimum atomic E-state index is -0.260. The largest absolute Gasteiger partial charge is 0.469 e. The zero-order valence-electron chi connectivity index (χ0n) is 10.8. The van der Waals surface area contributed by atoms with Gasteiger partial charge in [-0.05, 0) is 47.7 Å². The van der Waals surface area contributed by atoms with E-state index in [1.165, 1.54) is 6.07 Å². The Morgan fingerprint density at radius 1 is 1.50 bits per heavy atom. The first-order valence-electron chi connectivity index (χ1n) is 6.21. The highest BCUT2D eigenvalue weighted by atomic mass is 127. The third-order valence-electron chi connectivity index (χ3n) is 3.28. The van der Waals surface area contributed by atoms with Gasteiger partial charge in [-0.2, -0.15) is 0 Å². The van der Waals surface area contributed by atoms with Crippen LogP contribution in [0.5, 0.6) is 0 Å². The van der Waals surface area contributed by atoms with Crippen LogP contribution >= 0.6 is 22.6 Å². The minimum absolute atomic E-state index is 0.0330. The van der Waals surface area contributed by atoms with Gasteiger partial charge in [0.2, 0.25) is 5.95 Å². The Morgan fingerprint density at radius 3 is 3.00 bits per heavy atom. The number of nitrogens with two attached hydrogens (primary N) is 1. The Hall–Kier alpha value is -1.57. The molecule has 104 valence electrons. The summed E-state index contributed by atoms with van der Waals surface area (Å²) >= 11 is 1.95. The first-order chi connectivity index (χ1) is 9.56. The van der Waals surface area contributed by atoms with Crippen molar-refractivity contribution >= 4 is 39.6 Å². The van der Waals surface area contributed by atoms with Crippen LogP contribution in [0.1, 0.15) is 18.7 Å². The SMILES string of the molecule is CC(Cc1ccco1)n1c(N)nc2cc(I)c(F)cc21. The number of anilines is 1. The summed E-state index contributed by atoms with van der Waals surface area (Å²) in [5.74, 6) is 0.995. The molecule has 0 saturated heterocycles. The molecule has 20 heavy (non-hydrogen) atoms. The number of imidazole rings is 1. The van der Waals surface area contributed by atoms with Crippen LogP contribution in [0.15, 0.2) is 34.9 Å². The van der Waals surface area contributed by atoms with Crippen molar-refractivity contribution in [1.29, 1.82) is 0 Å². The third kappa shape index (κ3) is 2.28. The average molecular weight is 385 g/mol. The monoisotopic (exact) mass is 385 g/mol. The maximum Gasteiger partial charge on any atom is 0.201 e. The van der Waals surface area contributed by atoms with Crippen LogP contribution in [0.3, 0.4) is 0 Å². The van der Waals surface area contributed by atoms with Gasteiger partial charge < -0.3 is 14.7 Å². The van der Waals surface area contributed by atoms with Gasteiger partial charge in [0.1, 0.15) is 11.6 Å². The number of aromatic nitrogens is 2. The fraction of sp³-hybridized carbons (Fsp3) is 0.214. The lowest BCUT2D eigenvalue weighted by atomic mass is 10.2. The molecule has 4 nitrogen and oxygen atoms in total. The number of furan rings is 1. The number of fused-ring (bicyclic) bond motifs is 1. The van der Waals surface area contributed by atoms with Gasteiger partial charge in [-0.15, -0.1) is 0 Å². The predicted molar refractivity (Wildman–Crippen MR) is 83.9 cm³/mol. The van der Waals surface area contributed by atoms with Crippen LogP contribution < -0.4 is 5.73 Å². The van der Waals surface area contributed by atoms with Crippen LogP contribution in [0, 0.1) is 9.39 Å². The van der Waals surface area contributed by atoms with E-state index in [0.717, 1.165) is 5.76 Å². The van der Waals surface area contributed by atoms with Crippen LogP contribution in [0.25, 0.3) is 11.0 Å². The molecule has 0 spiro atoms. The molecule has 3 aromatic rings. The van der Waals surface area contributed by atoms with Crippen LogP contribution in [0.2, 0.25) is 0 Å². The predicted octanol–water partition coefficient (Wildman–Crippen LogP) is 3.76. The van der Waals surface area contributed by atoms with Gasteiger partial charge >= 0.3 is 0 Å². The normalized spacial score (nSPS) is 12.9. The van der Waals surface area contributed by atoms with Crippen molar-refractivity contribution in [2.45, 2.75) is 19.4 Å². The van der Waals surface area contributed by atoms with Crippen LogP contribution in [0.4, 0.5) is 10.3 Å². The smallest absolute Gasteiger partial charge is 0.201 e. The van der Waals surface area contributed by atoms with Gasteiger partial charge in [-0.25, -0.2) is 9.37 Å². The lowest BCUT2D eigenvalue weighted by Crippen LogP contribution is -2.11. The van der Waals surface area contributed by atoms with Gasteiger partial charge in [-0.1, -0.05) is 0 Å². The molecule has 1 atom stereocenters. The summed E-state index contributed by atoms with van der Waals surface area (Å²) in [5, 5.41) is 0. The first kappa shape index (κ1) is 13.4. The quantitative estimate of drug-likeness (QED) is 0.699. The number of benzene rings is 1. The molecular weight excluding hydrogens is 372 g/mol. The summed E-state index contributed by atoms with van der Waals surface area (Å²) in [4.78, 5) is 4.30. The van der Waals surface area contributed by atoms with Crippen molar-refractivity contribution in [3.05, 3.63) is 45.7 Å². The zero-order chi connectivity index (χ0) is 14.3. The second-order valence-electron chi connectivity index (χ2n) is 4.73. The number of halogens is 2. The molecule has 0 saturated carbocycles. The number of rotatable bonds is 3. The van der Waals surface area contributed by atoms with Gasteiger partial charge in [0.05, 0.1) is 20.9 Å². The summed E-state index contributed by atoms with van der Waals surface area (Å²) < 4.78 is 21.5. The van der Waals surface area contributed by atoms with Gasteiger partial charge in [0.25, 0.3) is 0 Å². The molecule has 1 unspecified atom stereocenters. The van der Waals surface area contributed by atoms with E-state index >= 15 is 0 Å². The molecular formula is C14H13FIN3O. The fourth-order valence-corrected chi connectivity index (χ4v) is 2.83. The van der Waals surface area contributed by atoms with Crippen molar-refractivity contribution in [1.82, 2.24) is 9.55 Å². The van der Waals surface area contributed by atoms with E-state index < -0.39 is 0 Å². The van der Waals surface area contributed by atoms with Crippen molar-refractivity contribution in [3.8, 4) is 0 Å². The molecule has 0 bridgehead atoms. The summed E-state index contributed by atoms with van der Waals surface area (Å²) in [5.41, 5.74) is 7.40. The van der Waals surface area contributed by atoms with E-state index in [4.69, 9.17) is 10.2 Å². The summed E-state index contributed by atoms with van der Waals surface area (Å²) in [6.07, 6.45) is 2.32. The van der Waals surface area contributed by atoms with Crippen molar-refractivity contribution in [2.75, 3.05) is 5.73 Å². The molecule has 1 aromatic carbocycles. The topological polar surface area (TPSA) is 57.0 Å². The first-order valence-corrected chi connectivity index (χ1v) is 7.29. The van der Waals surface area contributed by atoms with E-state index in [1.54, 1.807) is 12.3 Å². The Kier molecular flexibility index (Phi) is 3.41. The highest BCUT2D eigenvalue weighted by Gasteiger charge is 2.17. The maximum absolute atomic E-state index is 13.8. The average Bonchev–Trinajstić information content (AvgIpc) is 2.97. The maximum atomic E-state index is 13.8. The molecule has 0 aliphatic carbocycles. The van der Waals surface area contributed by atoms with Gasteiger partial charge in [0, 0.05) is 18.5 Å². The van der Waals surface area contributed by atoms with Crippen molar-refractivity contribution in [2.24, 2.45) is 0 Å². The van der Waals surface area contributed by atoms with E-state index in [1.807, 2.05) is 46.2 Å². The summed E-state index contributed by atoms with van der Waals surface area (Å²) in [7, 11) is 0. The van der Waals surface area contributed by atoms with Crippen molar-refractivity contribution in [3.63, 3.8) is 0 Å². The molecule has 2 heterocycles. The standard InChI is InChI=1S/C14H13FIN3O/c1-8(5-9-3-2-4-20-9)19-13-6-10(15)11(16)7-12(13)18-14(19)17/h2-4,6-8H,5H2,1H3,(H2,17,18). The Balaban J connectivity index is 2.06. The molecule has 3 rings (SSSR count). The molecule has 0 aliphatic heterocycles. The fourth-order valence-electron chi connectivity index (χ4n) is 2.38. The van der Waals surface area contributed by atoms with Crippen molar-refractivity contribution < 1.29 is 8.81 Å². The third-order valence-corrected chi connectivity index (χ3v) is 4.10. The molecule has 0 fully saturated rings. The molecule has 0 radical (unpaired) electrons. The summed E-state index contributed by atoms with van der Waals surface area (Å²) in [6, 6.07) is 6.98. The van der Waals surface area contributed by atoms with Gasteiger partial charge in [-0.3, -0.25) is 0 Å². The second-order valence-corrected chi connectivity index (χ2v) is 5.89. The zero-order valence-corrected chi connectivity index (χ0v) is 13.0. The minimum Gasteiger partial charge on any atom is -0.469 e. The number of hydrogen-bond acceptors (Lipinski definition) is 3. The van der Waals surface area contributed by atoms with Crippen LogP contribution in [-0.2, 0) is 6.42 Å². The van der Waals surface area contributed by atoms with E-state index in [9.17, 15) is 4.39 Å². The lowest BCUT2D eigenvalue weighted by Gasteiger charge is -2.14. The van der Waals surface area contributed by atoms with E-state index in [-0.39, 0.29) is 11.9 Å². The molecule has 6 heteroatoms.